The van der Waals surface area contributed by atoms with Crippen LogP contribution in [0.2, 0.25) is 0 Å². The van der Waals surface area contributed by atoms with Gasteiger partial charge in [-0.25, -0.2) is 9.18 Å². The number of benzene rings is 2. The molecule has 1 atom stereocenters. The molecule has 1 fully saturated rings. The highest BCUT2D eigenvalue weighted by atomic mass is 19.1. The highest BCUT2D eigenvalue weighted by Gasteiger charge is 2.32. The first-order valence-electron chi connectivity index (χ1n) is 10.4. The summed E-state index contributed by atoms with van der Waals surface area (Å²) in [7, 11) is 0. The van der Waals surface area contributed by atoms with E-state index in [1.54, 1.807) is 42.6 Å². The van der Waals surface area contributed by atoms with E-state index < -0.39 is 18.0 Å². The van der Waals surface area contributed by atoms with Crippen LogP contribution in [0.1, 0.15) is 23.0 Å². The summed E-state index contributed by atoms with van der Waals surface area (Å²) in [5.74, 6) is -0.891. The summed E-state index contributed by atoms with van der Waals surface area (Å²) in [6.07, 6.45) is 0.609. The maximum absolute atomic E-state index is 14.9. The number of nitrogens with zero attached hydrogens (tertiary/aromatic N) is 1. The number of carbonyl (C=O) groups is 3. The molecular weight excluding hydrogens is 427 g/mol. The third-order valence-electron chi connectivity index (χ3n) is 5.28. The van der Waals surface area contributed by atoms with Crippen LogP contribution < -0.4 is 15.5 Å². The molecule has 1 aliphatic heterocycles. The average Bonchev–Trinajstić information content (AvgIpc) is 3.46. The summed E-state index contributed by atoms with van der Waals surface area (Å²) in [4.78, 5) is 39.4. The zero-order valence-corrected chi connectivity index (χ0v) is 17.9. The first-order chi connectivity index (χ1) is 15.9. The summed E-state index contributed by atoms with van der Waals surface area (Å²) in [6, 6.07) is 15.2. The number of carbonyl (C=O) groups excluding carboxylic acids is 3. The fourth-order valence-electron chi connectivity index (χ4n) is 3.55. The minimum atomic E-state index is -0.580. The molecule has 3 aromatic rings. The van der Waals surface area contributed by atoms with Gasteiger partial charge in [0.25, 0.3) is 5.91 Å². The molecule has 1 aliphatic rings. The number of hydrogen-bond donors (Lipinski definition) is 3. The lowest BCUT2D eigenvalue weighted by Gasteiger charge is -2.15. The van der Waals surface area contributed by atoms with Gasteiger partial charge in [0.15, 0.2) is 0 Å². The smallest absolute Gasteiger partial charge is 0.414 e. The molecule has 1 aromatic heterocycles. The van der Waals surface area contributed by atoms with Crippen molar-refractivity contribution in [1.29, 1.82) is 0 Å². The van der Waals surface area contributed by atoms with Crippen molar-refractivity contribution in [3.63, 3.8) is 0 Å². The number of anilines is 1. The van der Waals surface area contributed by atoms with E-state index in [1.165, 1.54) is 17.9 Å². The topological polar surface area (TPSA) is 104 Å². The van der Waals surface area contributed by atoms with E-state index in [1.807, 2.05) is 12.1 Å². The summed E-state index contributed by atoms with van der Waals surface area (Å²) in [6.45, 7) is 2.15. The second kappa shape index (κ2) is 9.56. The number of ether oxygens (including phenoxy) is 1. The lowest BCUT2D eigenvalue weighted by Crippen LogP contribution is -2.33. The Morgan fingerprint density at radius 3 is 2.61 bits per heavy atom. The Morgan fingerprint density at radius 2 is 1.94 bits per heavy atom. The molecule has 0 saturated carbocycles. The van der Waals surface area contributed by atoms with Crippen molar-refractivity contribution in [3.05, 3.63) is 77.9 Å². The van der Waals surface area contributed by atoms with Gasteiger partial charge < -0.3 is 20.4 Å². The molecule has 9 heteroatoms. The van der Waals surface area contributed by atoms with Crippen molar-refractivity contribution in [2.24, 2.45) is 0 Å². The van der Waals surface area contributed by atoms with E-state index in [9.17, 15) is 18.8 Å². The summed E-state index contributed by atoms with van der Waals surface area (Å²) in [5.41, 5.74) is 2.81. The molecule has 2 aromatic carbocycles. The lowest BCUT2D eigenvalue weighted by atomic mass is 10.0. The van der Waals surface area contributed by atoms with Crippen LogP contribution in [0.4, 0.5) is 14.9 Å². The van der Waals surface area contributed by atoms with Crippen molar-refractivity contribution in [1.82, 2.24) is 15.6 Å². The Hall–Kier alpha value is -4.14. The highest BCUT2D eigenvalue weighted by Crippen LogP contribution is 2.29. The van der Waals surface area contributed by atoms with E-state index in [4.69, 9.17) is 4.74 Å². The van der Waals surface area contributed by atoms with Crippen molar-refractivity contribution < 1.29 is 23.5 Å². The third-order valence-corrected chi connectivity index (χ3v) is 5.28. The second-order valence-electron chi connectivity index (χ2n) is 7.68. The standard InChI is InChI=1S/C24H23FN4O4/c1-15(30)27-13-19-14-29(24(32)33-19)18-8-9-20(21(25)11-18)17-6-4-16(5-7-17)12-28-23(31)22-3-2-10-26-22/h2-11,19,26H,12-14H2,1H3,(H,27,30)(H,28,31)/t19-/m0/s1. The minimum Gasteiger partial charge on any atom is -0.442 e. The van der Waals surface area contributed by atoms with Crippen LogP contribution in [-0.2, 0) is 16.1 Å². The van der Waals surface area contributed by atoms with E-state index in [-0.39, 0.29) is 24.9 Å². The van der Waals surface area contributed by atoms with Gasteiger partial charge in [0.05, 0.1) is 18.8 Å². The first kappa shape index (κ1) is 22.1. The van der Waals surface area contributed by atoms with Gasteiger partial charge in [0, 0.05) is 25.2 Å². The molecule has 1 saturated heterocycles. The van der Waals surface area contributed by atoms with Crippen molar-refractivity contribution in [3.8, 4) is 11.1 Å². The van der Waals surface area contributed by atoms with Crippen LogP contribution in [0.25, 0.3) is 11.1 Å². The van der Waals surface area contributed by atoms with Crippen molar-refractivity contribution in [2.45, 2.75) is 19.6 Å². The van der Waals surface area contributed by atoms with Crippen LogP contribution in [0.3, 0.4) is 0 Å². The SMILES string of the molecule is CC(=O)NC[C@H]1CN(c2ccc(-c3ccc(CNC(=O)c4ccc[nH]4)cc3)c(F)c2)C(=O)O1. The second-order valence-corrected chi connectivity index (χ2v) is 7.68. The zero-order chi connectivity index (χ0) is 23.4. The predicted octanol–water partition coefficient (Wildman–Crippen LogP) is 3.21. The molecular formula is C24H23FN4O4. The molecule has 0 bridgehead atoms. The van der Waals surface area contributed by atoms with Gasteiger partial charge in [-0.15, -0.1) is 0 Å². The van der Waals surface area contributed by atoms with Gasteiger partial charge in [-0.3, -0.25) is 14.5 Å². The van der Waals surface area contributed by atoms with Crippen LogP contribution in [0.5, 0.6) is 0 Å². The molecule has 3 amide bonds. The number of amides is 3. The number of H-pyrrole nitrogens is 1. The lowest BCUT2D eigenvalue weighted by molar-refractivity contribution is -0.119. The Morgan fingerprint density at radius 1 is 1.15 bits per heavy atom. The summed E-state index contributed by atoms with van der Waals surface area (Å²) in [5, 5.41) is 5.42. The Kier molecular flexibility index (Phi) is 6.39. The number of aromatic amines is 1. The molecule has 3 N–H and O–H groups in total. The van der Waals surface area contributed by atoms with Crippen molar-refractivity contribution >= 4 is 23.6 Å². The summed E-state index contributed by atoms with van der Waals surface area (Å²) < 4.78 is 20.1. The molecule has 33 heavy (non-hydrogen) atoms. The number of rotatable bonds is 7. The molecule has 0 unspecified atom stereocenters. The number of hydrogen-bond acceptors (Lipinski definition) is 4. The number of nitrogens with one attached hydrogen (secondary N) is 3. The third kappa shape index (κ3) is 5.20. The maximum Gasteiger partial charge on any atom is 0.414 e. The summed E-state index contributed by atoms with van der Waals surface area (Å²) >= 11 is 0. The Labute approximate surface area is 189 Å². The molecule has 8 nitrogen and oxygen atoms in total. The maximum atomic E-state index is 14.9. The van der Waals surface area contributed by atoms with Gasteiger partial charge in [-0.1, -0.05) is 24.3 Å². The highest BCUT2D eigenvalue weighted by molar-refractivity contribution is 5.92. The van der Waals surface area contributed by atoms with Gasteiger partial charge in [-0.05, 0) is 41.5 Å². The number of cyclic esters (lactones) is 1. The number of halogens is 1. The molecule has 0 radical (unpaired) electrons. The largest absolute Gasteiger partial charge is 0.442 e. The van der Waals surface area contributed by atoms with Crippen LogP contribution in [-0.4, -0.2) is 42.1 Å². The van der Waals surface area contributed by atoms with Crippen molar-refractivity contribution in [2.75, 3.05) is 18.0 Å². The normalized spacial score (nSPS) is 15.3. The molecule has 2 heterocycles. The quantitative estimate of drug-likeness (QED) is 0.514. The Bertz CT molecular complexity index is 1160. The van der Waals surface area contributed by atoms with Crippen LogP contribution in [0.15, 0.2) is 60.8 Å². The molecule has 170 valence electrons. The molecule has 0 aliphatic carbocycles. The predicted molar refractivity (Wildman–Crippen MR) is 120 cm³/mol. The Balaban J connectivity index is 1.40. The molecule has 4 rings (SSSR count). The van der Waals surface area contributed by atoms with Gasteiger partial charge in [0.1, 0.15) is 17.6 Å². The van der Waals surface area contributed by atoms with Gasteiger partial charge in [-0.2, -0.15) is 0 Å². The van der Waals surface area contributed by atoms with Crippen LogP contribution >= 0.6 is 0 Å². The fourth-order valence-corrected chi connectivity index (χ4v) is 3.55. The van der Waals surface area contributed by atoms with Crippen LogP contribution in [0, 0.1) is 5.82 Å². The van der Waals surface area contributed by atoms with E-state index in [0.717, 1.165) is 5.56 Å². The molecule has 0 spiro atoms. The minimum absolute atomic E-state index is 0.203. The van der Waals surface area contributed by atoms with Gasteiger partial charge >= 0.3 is 6.09 Å². The fraction of sp³-hybridized carbons (Fsp3) is 0.208. The first-order valence-corrected chi connectivity index (χ1v) is 10.4. The zero-order valence-electron chi connectivity index (χ0n) is 17.9. The van der Waals surface area contributed by atoms with E-state index >= 15 is 0 Å². The van der Waals surface area contributed by atoms with E-state index in [0.29, 0.717) is 29.1 Å². The average molecular weight is 450 g/mol. The van der Waals surface area contributed by atoms with Gasteiger partial charge in [0.2, 0.25) is 5.91 Å². The van der Waals surface area contributed by atoms with E-state index in [2.05, 4.69) is 15.6 Å². The monoisotopic (exact) mass is 450 g/mol. The number of aromatic nitrogens is 1.